The Morgan fingerprint density at radius 2 is 0.687 bits per heavy atom. The maximum Gasteiger partial charge on any atom is 0.0775 e. The molecule has 0 fully saturated rings. The van der Waals surface area contributed by atoms with Crippen LogP contribution in [0.4, 0.5) is 34.1 Å². The van der Waals surface area contributed by atoms with E-state index in [-0.39, 0.29) is 0 Å². The van der Waals surface area contributed by atoms with Crippen LogP contribution < -0.4 is 15.0 Å². The van der Waals surface area contributed by atoms with Crippen LogP contribution >= 0.6 is 0 Å². The fraction of sp³-hybridized carbons (Fsp3) is 0.0625. The van der Waals surface area contributed by atoms with Crippen LogP contribution in [0.1, 0.15) is 5.56 Å². The minimum absolute atomic E-state index is 1.12. The molecule has 0 aliphatic heterocycles. The van der Waals surface area contributed by atoms with Gasteiger partial charge in [0.2, 0.25) is 0 Å². The molecule has 12 rings (SSSR count). The number of hydrogen-bond acceptors (Lipinski definition) is 2. The second-order valence-electron chi connectivity index (χ2n) is 19.1. The van der Waals surface area contributed by atoms with Crippen molar-refractivity contribution < 1.29 is 0 Å². The Morgan fingerprint density at radius 1 is 0.313 bits per heavy atom. The van der Waals surface area contributed by atoms with Gasteiger partial charge in [-0.25, -0.2) is 0 Å². The second kappa shape index (κ2) is 16.2. The maximum atomic E-state index is 2.51. The van der Waals surface area contributed by atoms with Gasteiger partial charge in [0.15, 0.2) is 0 Å². The van der Waals surface area contributed by atoms with E-state index in [4.69, 9.17) is 0 Å². The van der Waals surface area contributed by atoms with E-state index in [2.05, 4.69) is 267 Å². The van der Waals surface area contributed by atoms with E-state index < -0.39 is 8.07 Å². The zero-order chi connectivity index (χ0) is 45.2. The molecule has 0 N–H and O–H groups in total. The number of benzene rings is 12. The van der Waals surface area contributed by atoms with Crippen LogP contribution in [0.5, 0.6) is 0 Å². The Labute approximate surface area is 394 Å². The first kappa shape index (κ1) is 40.5. The van der Waals surface area contributed by atoms with Gasteiger partial charge in [0.25, 0.3) is 0 Å². The largest absolute Gasteiger partial charge is 0.310 e. The molecule has 0 spiro atoms. The minimum atomic E-state index is -1.56. The minimum Gasteiger partial charge on any atom is -0.310 e. The average molecular weight is 875 g/mol. The zero-order valence-corrected chi connectivity index (χ0v) is 39.3. The number of anilines is 6. The first-order valence-corrected chi connectivity index (χ1v) is 26.9. The van der Waals surface area contributed by atoms with E-state index in [0.29, 0.717) is 0 Å². The zero-order valence-electron chi connectivity index (χ0n) is 38.3. The molecule has 0 amide bonds. The molecule has 67 heavy (non-hydrogen) atoms. The summed E-state index contributed by atoms with van der Waals surface area (Å²) in [5.41, 5.74) is 12.8. The Bertz CT molecular complexity index is 3780. The van der Waals surface area contributed by atoms with Gasteiger partial charge in [0.05, 0.1) is 19.4 Å². The van der Waals surface area contributed by atoms with Crippen molar-refractivity contribution in [2.24, 2.45) is 0 Å². The molecule has 12 aromatic carbocycles. The van der Waals surface area contributed by atoms with Crippen LogP contribution in [0.2, 0.25) is 19.6 Å². The Kier molecular flexibility index (Phi) is 9.78. The highest BCUT2D eigenvalue weighted by Crippen LogP contribution is 2.52. The van der Waals surface area contributed by atoms with E-state index in [1.54, 1.807) is 0 Å². The van der Waals surface area contributed by atoms with E-state index in [1.807, 2.05) is 0 Å². The normalized spacial score (nSPS) is 11.9. The van der Waals surface area contributed by atoms with Gasteiger partial charge >= 0.3 is 0 Å². The topological polar surface area (TPSA) is 6.48 Å². The smallest absolute Gasteiger partial charge is 0.0775 e. The van der Waals surface area contributed by atoms with Crippen LogP contribution in [0.15, 0.2) is 231 Å². The lowest BCUT2D eigenvalue weighted by molar-refractivity contribution is 1.29. The lowest BCUT2D eigenvalue weighted by Gasteiger charge is -2.31. The van der Waals surface area contributed by atoms with Gasteiger partial charge in [-0.1, -0.05) is 200 Å². The molecule has 0 heterocycles. The highest BCUT2D eigenvalue weighted by Gasteiger charge is 2.26. The van der Waals surface area contributed by atoms with E-state index in [9.17, 15) is 0 Å². The van der Waals surface area contributed by atoms with Crippen molar-refractivity contribution in [3.05, 3.63) is 236 Å². The predicted molar refractivity (Wildman–Crippen MR) is 293 cm³/mol. The second-order valence-corrected chi connectivity index (χ2v) is 24.1. The highest BCUT2D eigenvalue weighted by atomic mass is 28.3. The molecule has 0 radical (unpaired) electrons. The quantitative estimate of drug-likeness (QED) is 0.105. The number of aryl methyl sites for hydroxylation is 1. The molecule has 0 unspecified atom stereocenters. The molecule has 3 heteroatoms. The van der Waals surface area contributed by atoms with Crippen molar-refractivity contribution in [3.8, 4) is 22.3 Å². The predicted octanol–water partition coefficient (Wildman–Crippen LogP) is 18.0. The summed E-state index contributed by atoms with van der Waals surface area (Å²) in [5.74, 6) is 0. The highest BCUT2D eigenvalue weighted by molar-refractivity contribution is 6.88. The van der Waals surface area contributed by atoms with E-state index in [1.165, 1.54) is 86.9 Å². The summed E-state index contributed by atoms with van der Waals surface area (Å²) in [7, 11) is -1.56. The number of rotatable bonds is 9. The summed E-state index contributed by atoms with van der Waals surface area (Å²) in [6.07, 6.45) is 0. The van der Waals surface area contributed by atoms with Crippen molar-refractivity contribution in [1.29, 1.82) is 0 Å². The summed E-state index contributed by atoms with van der Waals surface area (Å²) < 4.78 is 0. The fourth-order valence-electron chi connectivity index (χ4n) is 10.3. The van der Waals surface area contributed by atoms with Crippen LogP contribution in [0.25, 0.3) is 76.1 Å². The third kappa shape index (κ3) is 7.11. The lowest BCUT2D eigenvalue weighted by Crippen LogP contribution is -2.37. The molecular formula is C64H50N2Si. The van der Waals surface area contributed by atoms with Crippen molar-refractivity contribution in [2.45, 2.75) is 26.6 Å². The van der Waals surface area contributed by atoms with Crippen molar-refractivity contribution >= 4 is 101 Å². The van der Waals surface area contributed by atoms with Crippen molar-refractivity contribution in [1.82, 2.24) is 0 Å². The van der Waals surface area contributed by atoms with Crippen LogP contribution in [0, 0.1) is 6.92 Å². The monoisotopic (exact) mass is 874 g/mol. The first-order chi connectivity index (χ1) is 32.8. The lowest BCUT2D eigenvalue weighted by atomic mass is 9.85. The molecule has 320 valence electrons. The van der Waals surface area contributed by atoms with Gasteiger partial charge in [-0.2, -0.15) is 0 Å². The SMILES string of the molecule is Cc1ccc(N(c2ccc3ccccc3c2)c2cc(-c3ccccc3)c3ccc4c(N(c5ccc([Si](C)(C)C)cc5)c5ccc6ccccc6c5)cc(-c5ccccc5)c5ccc2c3c54)cc1. The van der Waals surface area contributed by atoms with Gasteiger partial charge in [0, 0.05) is 44.3 Å². The Morgan fingerprint density at radius 3 is 1.12 bits per heavy atom. The summed E-state index contributed by atoms with van der Waals surface area (Å²) in [6.45, 7) is 9.44. The van der Waals surface area contributed by atoms with Gasteiger partial charge in [-0.15, -0.1) is 0 Å². The standard InChI is InChI=1S/C64H50N2Si/c1-43-23-27-50(28-24-43)65(52-29-25-44-15-11-13-21-48(44)39-52)61-41-59(46-17-7-5-8-18-46)55-36-38-58-62(42-60(47-19-9-6-10-20-47)56-35-37-57(61)63(55)64(56)58)66(51-31-33-54(34-32-51)67(2,3)4)53-30-26-45-16-12-14-22-49(45)40-53/h5-42H,1-4H3. The fourth-order valence-corrected chi connectivity index (χ4v) is 11.5. The molecule has 0 bridgehead atoms. The van der Waals surface area contributed by atoms with Crippen molar-refractivity contribution in [2.75, 3.05) is 9.80 Å². The van der Waals surface area contributed by atoms with E-state index >= 15 is 0 Å². The molecule has 0 saturated heterocycles. The average Bonchev–Trinajstić information content (AvgIpc) is 3.37. The summed E-state index contributed by atoms with van der Waals surface area (Å²) >= 11 is 0. The third-order valence-corrected chi connectivity index (χ3v) is 15.8. The molecule has 2 nitrogen and oxygen atoms in total. The number of fused-ring (bicyclic) bond motifs is 2. The summed E-state index contributed by atoms with van der Waals surface area (Å²) in [4.78, 5) is 4.98. The van der Waals surface area contributed by atoms with Gasteiger partial charge in [-0.05, 0) is 122 Å². The van der Waals surface area contributed by atoms with Crippen molar-refractivity contribution in [3.63, 3.8) is 0 Å². The molecule has 0 aliphatic carbocycles. The van der Waals surface area contributed by atoms with Crippen LogP contribution in [-0.2, 0) is 0 Å². The molecule has 0 saturated carbocycles. The first-order valence-electron chi connectivity index (χ1n) is 23.4. The Balaban J connectivity index is 1.22. The van der Waals surface area contributed by atoms with Gasteiger partial charge in [-0.3, -0.25) is 0 Å². The Hall–Kier alpha value is -7.98. The molecule has 12 aromatic rings. The molecular weight excluding hydrogens is 825 g/mol. The number of nitrogens with zero attached hydrogens (tertiary/aromatic N) is 2. The molecule has 0 aliphatic rings. The molecule has 0 aromatic heterocycles. The van der Waals surface area contributed by atoms with Crippen LogP contribution in [0.3, 0.4) is 0 Å². The van der Waals surface area contributed by atoms with Crippen LogP contribution in [-0.4, -0.2) is 8.07 Å². The maximum absolute atomic E-state index is 2.51. The number of hydrogen-bond donors (Lipinski definition) is 0. The third-order valence-electron chi connectivity index (χ3n) is 13.8. The summed E-state index contributed by atoms with van der Waals surface area (Å²) in [5, 5.41) is 13.7. The van der Waals surface area contributed by atoms with Gasteiger partial charge in [0.1, 0.15) is 0 Å². The molecule has 0 atom stereocenters. The summed E-state index contributed by atoms with van der Waals surface area (Å²) in [6, 6.07) is 86.0. The van der Waals surface area contributed by atoms with E-state index in [0.717, 1.165) is 34.1 Å². The van der Waals surface area contributed by atoms with Gasteiger partial charge < -0.3 is 9.80 Å².